The first-order chi connectivity index (χ1) is 12.0. The maximum atomic E-state index is 12.2. The van der Waals surface area contributed by atoms with Crippen molar-refractivity contribution < 1.29 is 19.0 Å². The second kappa shape index (κ2) is 7.66. The van der Waals surface area contributed by atoms with Gasteiger partial charge in [0.2, 0.25) is 5.91 Å². The number of ether oxygens (including phenoxy) is 3. The highest BCUT2D eigenvalue weighted by Crippen LogP contribution is 2.38. The minimum absolute atomic E-state index is 0.177. The highest BCUT2D eigenvalue weighted by Gasteiger charge is 2.16. The van der Waals surface area contributed by atoms with E-state index in [0.717, 1.165) is 16.9 Å². The molecule has 25 heavy (non-hydrogen) atoms. The van der Waals surface area contributed by atoms with E-state index in [9.17, 15) is 4.79 Å². The molecular weight excluding hydrogens is 342 g/mol. The Hall–Kier alpha value is -2.40. The van der Waals surface area contributed by atoms with E-state index < -0.39 is 0 Å². The van der Waals surface area contributed by atoms with Crippen LogP contribution in [0.15, 0.2) is 30.3 Å². The fourth-order valence-corrected chi connectivity index (χ4v) is 2.71. The van der Waals surface area contributed by atoms with Gasteiger partial charge >= 0.3 is 0 Å². The van der Waals surface area contributed by atoms with Crippen molar-refractivity contribution in [3.05, 3.63) is 46.5 Å². The predicted octanol–water partition coefficient (Wildman–Crippen LogP) is 4.14. The monoisotopic (exact) mass is 361 g/mol. The van der Waals surface area contributed by atoms with Crippen molar-refractivity contribution in [2.24, 2.45) is 0 Å². The van der Waals surface area contributed by atoms with Crippen LogP contribution in [0.4, 0.5) is 5.69 Å². The molecule has 3 rings (SSSR count). The maximum absolute atomic E-state index is 12.2. The number of hydrogen-bond donors (Lipinski definition) is 1. The van der Waals surface area contributed by atoms with Gasteiger partial charge in [0.05, 0.1) is 23.7 Å². The highest BCUT2D eigenvalue weighted by molar-refractivity contribution is 6.34. The Bertz CT molecular complexity index is 791. The predicted molar refractivity (Wildman–Crippen MR) is 97.1 cm³/mol. The zero-order valence-corrected chi connectivity index (χ0v) is 15.0. The molecule has 0 aliphatic carbocycles. The van der Waals surface area contributed by atoms with Gasteiger partial charge in [-0.1, -0.05) is 23.7 Å². The zero-order valence-electron chi connectivity index (χ0n) is 14.2. The van der Waals surface area contributed by atoms with Crippen LogP contribution in [0.5, 0.6) is 17.2 Å². The van der Waals surface area contributed by atoms with Gasteiger partial charge in [-0.05, 0) is 31.0 Å². The molecule has 0 bridgehead atoms. The molecule has 0 saturated carbocycles. The maximum Gasteiger partial charge on any atom is 0.227 e. The van der Waals surface area contributed by atoms with Gasteiger partial charge in [-0.25, -0.2) is 0 Å². The van der Waals surface area contributed by atoms with Crippen molar-refractivity contribution in [3.63, 3.8) is 0 Å². The minimum Gasteiger partial charge on any atom is -0.493 e. The number of benzene rings is 2. The van der Waals surface area contributed by atoms with E-state index in [0.29, 0.717) is 35.4 Å². The van der Waals surface area contributed by atoms with Gasteiger partial charge in [0.1, 0.15) is 19.0 Å². The fraction of sp³-hybridized carbons (Fsp3) is 0.316. The Morgan fingerprint density at radius 1 is 1.20 bits per heavy atom. The third-order valence-corrected chi connectivity index (χ3v) is 4.36. The van der Waals surface area contributed by atoms with Gasteiger partial charge in [0.25, 0.3) is 0 Å². The number of amides is 1. The Balaban J connectivity index is 1.57. The number of carbonyl (C=O) groups excluding carboxylic acids is 1. The summed E-state index contributed by atoms with van der Waals surface area (Å²) in [6.45, 7) is 5.28. The van der Waals surface area contributed by atoms with E-state index in [-0.39, 0.29) is 18.9 Å². The Morgan fingerprint density at radius 3 is 2.68 bits per heavy atom. The number of aryl methyl sites for hydroxylation is 1. The van der Waals surface area contributed by atoms with Crippen molar-refractivity contribution in [2.75, 3.05) is 25.1 Å². The Labute approximate surface area is 151 Å². The molecule has 0 saturated heterocycles. The standard InChI is InChI=1S/C19H20ClNO4/c1-12-4-3-5-16(13(12)2)23-7-6-19(22)21-15-11-18-17(10-14(15)20)24-8-9-25-18/h3-5,10-11H,6-9H2,1-2H3,(H,21,22). The van der Waals surface area contributed by atoms with E-state index in [1.165, 1.54) is 0 Å². The average molecular weight is 362 g/mol. The lowest BCUT2D eigenvalue weighted by Crippen LogP contribution is -2.18. The van der Waals surface area contributed by atoms with Crippen LogP contribution in [-0.4, -0.2) is 25.7 Å². The molecule has 5 nitrogen and oxygen atoms in total. The van der Waals surface area contributed by atoms with Crippen molar-refractivity contribution in [3.8, 4) is 17.2 Å². The van der Waals surface area contributed by atoms with Crippen LogP contribution < -0.4 is 19.5 Å². The van der Waals surface area contributed by atoms with Crippen LogP contribution in [-0.2, 0) is 4.79 Å². The van der Waals surface area contributed by atoms with Gasteiger partial charge in [-0.15, -0.1) is 0 Å². The van der Waals surface area contributed by atoms with Crippen LogP contribution in [0.3, 0.4) is 0 Å². The number of fused-ring (bicyclic) bond motifs is 1. The smallest absolute Gasteiger partial charge is 0.227 e. The largest absolute Gasteiger partial charge is 0.493 e. The summed E-state index contributed by atoms with van der Waals surface area (Å²) in [6.07, 6.45) is 0.220. The number of rotatable bonds is 5. The van der Waals surface area contributed by atoms with Gasteiger partial charge in [-0.2, -0.15) is 0 Å². The van der Waals surface area contributed by atoms with Crippen LogP contribution in [0, 0.1) is 13.8 Å². The summed E-state index contributed by atoms with van der Waals surface area (Å²) in [5.74, 6) is 1.79. The topological polar surface area (TPSA) is 56.8 Å². The third kappa shape index (κ3) is 4.17. The Kier molecular flexibility index (Phi) is 5.34. The summed E-state index contributed by atoms with van der Waals surface area (Å²) >= 11 is 6.19. The SMILES string of the molecule is Cc1cccc(OCCC(=O)Nc2cc3c(cc2Cl)OCCO3)c1C. The van der Waals surface area contributed by atoms with E-state index in [1.807, 2.05) is 32.0 Å². The van der Waals surface area contributed by atoms with Crippen LogP contribution in [0.1, 0.15) is 17.5 Å². The minimum atomic E-state index is -0.177. The first kappa shape index (κ1) is 17.4. The number of carbonyl (C=O) groups is 1. The molecule has 2 aromatic rings. The fourth-order valence-electron chi connectivity index (χ4n) is 2.51. The second-order valence-electron chi connectivity index (χ2n) is 5.82. The summed E-state index contributed by atoms with van der Waals surface area (Å²) in [4.78, 5) is 12.2. The lowest BCUT2D eigenvalue weighted by molar-refractivity contribution is -0.116. The molecule has 0 aromatic heterocycles. The lowest BCUT2D eigenvalue weighted by Gasteiger charge is -2.20. The molecule has 1 N–H and O–H groups in total. The third-order valence-electron chi connectivity index (χ3n) is 4.05. The van der Waals surface area contributed by atoms with Crippen LogP contribution >= 0.6 is 11.6 Å². The molecule has 1 heterocycles. The quantitative estimate of drug-likeness (QED) is 0.869. The molecule has 0 unspecified atom stereocenters. The summed E-state index contributed by atoms with van der Waals surface area (Å²) in [5, 5.41) is 3.20. The Morgan fingerprint density at radius 2 is 1.92 bits per heavy atom. The van der Waals surface area contributed by atoms with Gasteiger partial charge in [0.15, 0.2) is 11.5 Å². The molecule has 0 atom stereocenters. The van der Waals surface area contributed by atoms with Crippen molar-refractivity contribution in [1.82, 2.24) is 0 Å². The molecule has 1 amide bonds. The number of halogens is 1. The molecule has 0 radical (unpaired) electrons. The van der Waals surface area contributed by atoms with Gasteiger partial charge in [0, 0.05) is 12.1 Å². The van der Waals surface area contributed by atoms with E-state index in [2.05, 4.69) is 5.32 Å². The average Bonchev–Trinajstić information content (AvgIpc) is 2.59. The van der Waals surface area contributed by atoms with Crippen LogP contribution in [0.2, 0.25) is 5.02 Å². The summed E-state index contributed by atoms with van der Waals surface area (Å²) in [7, 11) is 0. The summed E-state index contributed by atoms with van der Waals surface area (Å²) in [6, 6.07) is 9.20. The van der Waals surface area contributed by atoms with E-state index in [4.69, 9.17) is 25.8 Å². The normalized spacial score (nSPS) is 12.6. The van der Waals surface area contributed by atoms with Gasteiger partial charge in [-0.3, -0.25) is 4.79 Å². The molecule has 0 spiro atoms. The van der Waals surface area contributed by atoms with Gasteiger partial charge < -0.3 is 19.5 Å². The molecule has 1 aliphatic rings. The summed E-state index contributed by atoms with van der Waals surface area (Å²) < 4.78 is 16.7. The molecule has 132 valence electrons. The zero-order chi connectivity index (χ0) is 17.8. The number of hydrogen-bond acceptors (Lipinski definition) is 4. The van der Waals surface area contributed by atoms with E-state index >= 15 is 0 Å². The van der Waals surface area contributed by atoms with Crippen molar-refractivity contribution in [2.45, 2.75) is 20.3 Å². The van der Waals surface area contributed by atoms with E-state index in [1.54, 1.807) is 12.1 Å². The first-order valence-electron chi connectivity index (χ1n) is 8.12. The van der Waals surface area contributed by atoms with Crippen molar-refractivity contribution >= 4 is 23.2 Å². The second-order valence-corrected chi connectivity index (χ2v) is 6.23. The molecule has 0 fully saturated rings. The highest BCUT2D eigenvalue weighted by atomic mass is 35.5. The lowest BCUT2D eigenvalue weighted by atomic mass is 10.1. The molecule has 6 heteroatoms. The first-order valence-corrected chi connectivity index (χ1v) is 8.50. The number of nitrogens with one attached hydrogen (secondary N) is 1. The molecular formula is C19H20ClNO4. The molecule has 2 aromatic carbocycles. The number of anilines is 1. The molecule has 1 aliphatic heterocycles. The summed E-state index contributed by atoms with van der Waals surface area (Å²) in [5.41, 5.74) is 2.74. The van der Waals surface area contributed by atoms with Crippen molar-refractivity contribution in [1.29, 1.82) is 0 Å². The van der Waals surface area contributed by atoms with Crippen LogP contribution in [0.25, 0.3) is 0 Å².